The Hall–Kier alpha value is -4.30. The Morgan fingerprint density at radius 3 is 2.42 bits per heavy atom. The Labute approximate surface area is 211 Å². The van der Waals surface area contributed by atoms with Crippen LogP contribution in [-0.2, 0) is 20.7 Å². The molecule has 1 aliphatic rings. The van der Waals surface area contributed by atoms with Crippen LogP contribution in [0.5, 0.6) is 0 Å². The van der Waals surface area contributed by atoms with Crippen molar-refractivity contribution >= 4 is 50.1 Å². The average Bonchev–Trinajstić information content (AvgIpc) is 3.45. The van der Waals surface area contributed by atoms with Gasteiger partial charge in [-0.2, -0.15) is 0 Å². The number of benzene rings is 3. The van der Waals surface area contributed by atoms with Gasteiger partial charge in [0.2, 0.25) is 0 Å². The SMILES string of the molecule is CCc1ccc2nc(N3C(=O)C(=O)C(=C(O)c4ccccc4)[C@@H]3c3ccc(C(=O)OC)cc3)sc2c1. The van der Waals surface area contributed by atoms with E-state index in [9.17, 15) is 19.5 Å². The number of thiazole rings is 1. The number of carbonyl (C=O) groups is 3. The summed E-state index contributed by atoms with van der Waals surface area (Å²) in [6.45, 7) is 2.06. The van der Waals surface area contributed by atoms with Crippen LogP contribution in [0.1, 0.15) is 40.0 Å². The molecule has 1 N–H and O–H groups in total. The first-order chi connectivity index (χ1) is 17.4. The zero-order chi connectivity index (χ0) is 25.4. The number of carbonyl (C=O) groups excluding carboxylic acids is 3. The van der Waals surface area contributed by atoms with Crippen molar-refractivity contribution in [3.63, 3.8) is 0 Å². The van der Waals surface area contributed by atoms with Crippen LogP contribution in [0, 0.1) is 0 Å². The molecule has 1 aliphatic heterocycles. The van der Waals surface area contributed by atoms with Crippen molar-refractivity contribution in [2.45, 2.75) is 19.4 Å². The molecule has 7 nitrogen and oxygen atoms in total. The van der Waals surface area contributed by atoms with Crippen LogP contribution in [0.15, 0.2) is 78.4 Å². The van der Waals surface area contributed by atoms with Gasteiger partial charge in [0.05, 0.1) is 34.5 Å². The monoisotopic (exact) mass is 498 g/mol. The molecule has 1 atom stereocenters. The van der Waals surface area contributed by atoms with E-state index in [4.69, 9.17) is 4.74 Å². The van der Waals surface area contributed by atoms with E-state index in [1.165, 1.54) is 23.3 Å². The third kappa shape index (κ3) is 3.95. The Kier molecular flexibility index (Phi) is 6.12. The largest absolute Gasteiger partial charge is 0.507 e. The molecule has 0 bridgehead atoms. The van der Waals surface area contributed by atoms with E-state index in [-0.39, 0.29) is 11.3 Å². The van der Waals surface area contributed by atoms with Crippen LogP contribution in [0.25, 0.3) is 16.0 Å². The molecule has 0 unspecified atom stereocenters. The van der Waals surface area contributed by atoms with Gasteiger partial charge in [0.15, 0.2) is 5.13 Å². The second kappa shape index (κ2) is 9.39. The van der Waals surface area contributed by atoms with Gasteiger partial charge >= 0.3 is 11.9 Å². The number of amides is 1. The minimum atomic E-state index is -0.928. The van der Waals surface area contributed by atoms with Crippen molar-refractivity contribution in [1.82, 2.24) is 4.98 Å². The van der Waals surface area contributed by atoms with Crippen molar-refractivity contribution in [3.05, 3.63) is 101 Å². The van der Waals surface area contributed by atoms with Crippen LogP contribution >= 0.6 is 11.3 Å². The van der Waals surface area contributed by atoms with E-state index >= 15 is 0 Å². The third-order valence-electron chi connectivity index (χ3n) is 6.20. The molecule has 0 radical (unpaired) electrons. The Morgan fingerprint density at radius 2 is 1.75 bits per heavy atom. The molecule has 3 aromatic carbocycles. The zero-order valence-electron chi connectivity index (χ0n) is 19.6. The first-order valence-corrected chi connectivity index (χ1v) is 12.2. The van der Waals surface area contributed by atoms with Crippen LogP contribution in [0.4, 0.5) is 5.13 Å². The third-order valence-corrected chi connectivity index (χ3v) is 7.21. The molecule has 1 amide bonds. The first-order valence-electron chi connectivity index (χ1n) is 11.4. The van der Waals surface area contributed by atoms with Gasteiger partial charge in [0.1, 0.15) is 5.76 Å². The highest BCUT2D eigenvalue weighted by Crippen LogP contribution is 2.44. The van der Waals surface area contributed by atoms with Crippen LogP contribution in [0.2, 0.25) is 0 Å². The lowest BCUT2D eigenvalue weighted by Crippen LogP contribution is -2.29. The highest BCUT2D eigenvalue weighted by Gasteiger charge is 2.48. The summed E-state index contributed by atoms with van der Waals surface area (Å²) >= 11 is 1.31. The average molecular weight is 499 g/mol. The highest BCUT2D eigenvalue weighted by molar-refractivity contribution is 7.22. The normalized spacial score (nSPS) is 17.1. The number of hydrogen-bond acceptors (Lipinski definition) is 7. The zero-order valence-corrected chi connectivity index (χ0v) is 20.4. The number of ketones is 1. The maximum atomic E-state index is 13.4. The maximum Gasteiger partial charge on any atom is 0.337 e. The van der Waals surface area contributed by atoms with Crippen molar-refractivity contribution in [1.29, 1.82) is 0 Å². The fraction of sp³-hybridized carbons (Fsp3) is 0.143. The minimum Gasteiger partial charge on any atom is -0.507 e. The van der Waals surface area contributed by atoms with E-state index in [1.54, 1.807) is 54.6 Å². The number of aliphatic hydroxyl groups excluding tert-OH is 1. The Bertz CT molecular complexity index is 1520. The molecule has 1 fully saturated rings. The molecular weight excluding hydrogens is 476 g/mol. The number of ether oxygens (including phenoxy) is 1. The molecule has 0 aliphatic carbocycles. The van der Waals surface area contributed by atoms with Gasteiger partial charge in [-0.3, -0.25) is 14.5 Å². The van der Waals surface area contributed by atoms with Crippen molar-refractivity contribution in [2.24, 2.45) is 0 Å². The standard InChI is InChI=1S/C28H22N2O5S/c1-3-16-9-14-20-21(15-16)36-28(29-20)30-23(17-10-12-19(13-11-17)27(34)35-2)22(25(32)26(30)33)24(31)18-7-5-4-6-8-18/h4-15,23,31H,3H2,1-2H3/t23-/m0/s1. The molecule has 36 heavy (non-hydrogen) atoms. The Morgan fingerprint density at radius 1 is 1.03 bits per heavy atom. The summed E-state index contributed by atoms with van der Waals surface area (Å²) in [5, 5.41) is 11.5. The van der Waals surface area contributed by atoms with E-state index in [1.807, 2.05) is 18.2 Å². The quantitative estimate of drug-likeness (QED) is 0.174. The van der Waals surface area contributed by atoms with Crippen LogP contribution < -0.4 is 4.90 Å². The van der Waals surface area contributed by atoms with Gasteiger partial charge in [-0.1, -0.05) is 66.8 Å². The number of nitrogens with zero attached hydrogens (tertiary/aromatic N) is 2. The predicted molar refractivity (Wildman–Crippen MR) is 138 cm³/mol. The highest BCUT2D eigenvalue weighted by atomic mass is 32.1. The molecule has 180 valence electrons. The molecule has 8 heteroatoms. The van der Waals surface area contributed by atoms with E-state index < -0.39 is 23.7 Å². The number of aliphatic hydroxyl groups is 1. The topological polar surface area (TPSA) is 96.8 Å². The van der Waals surface area contributed by atoms with Gasteiger partial charge in [0, 0.05) is 5.56 Å². The lowest BCUT2D eigenvalue weighted by molar-refractivity contribution is -0.132. The number of hydrogen-bond donors (Lipinski definition) is 1. The number of methoxy groups -OCH3 is 1. The summed E-state index contributed by atoms with van der Waals surface area (Å²) in [4.78, 5) is 44.6. The van der Waals surface area contributed by atoms with Gasteiger partial charge in [-0.15, -0.1) is 0 Å². The molecule has 1 saturated heterocycles. The van der Waals surface area contributed by atoms with Gasteiger partial charge in [-0.05, 0) is 41.8 Å². The number of Topliss-reactive ketones (excluding diaryl/α,β-unsaturated/α-hetero) is 1. The second-order valence-electron chi connectivity index (χ2n) is 8.30. The Balaban J connectivity index is 1.70. The fourth-order valence-electron chi connectivity index (χ4n) is 4.30. The summed E-state index contributed by atoms with van der Waals surface area (Å²) in [5.41, 5.74) is 3.12. The van der Waals surface area contributed by atoms with E-state index in [2.05, 4.69) is 11.9 Å². The van der Waals surface area contributed by atoms with Gasteiger partial charge < -0.3 is 9.84 Å². The van der Waals surface area contributed by atoms with Crippen molar-refractivity contribution < 1.29 is 24.2 Å². The molecule has 0 spiro atoms. The number of esters is 1. The first kappa shape index (κ1) is 23.4. The molecule has 4 aromatic rings. The lowest BCUT2D eigenvalue weighted by atomic mass is 9.95. The fourth-order valence-corrected chi connectivity index (χ4v) is 5.35. The number of aryl methyl sites for hydroxylation is 1. The van der Waals surface area contributed by atoms with Gasteiger partial charge in [0.25, 0.3) is 5.78 Å². The number of aromatic nitrogens is 1. The number of rotatable bonds is 5. The smallest absolute Gasteiger partial charge is 0.337 e. The van der Waals surface area contributed by atoms with Gasteiger partial charge in [-0.25, -0.2) is 9.78 Å². The lowest BCUT2D eigenvalue weighted by Gasteiger charge is -2.23. The number of fused-ring (bicyclic) bond motifs is 1. The summed E-state index contributed by atoms with van der Waals surface area (Å²) in [6.07, 6.45) is 0.858. The molecular formula is C28H22N2O5S. The van der Waals surface area contributed by atoms with Crippen molar-refractivity contribution in [2.75, 3.05) is 12.0 Å². The molecule has 0 saturated carbocycles. The summed E-state index contributed by atoms with van der Waals surface area (Å²) in [6, 6.07) is 20.0. The molecule has 1 aromatic heterocycles. The summed E-state index contributed by atoms with van der Waals surface area (Å²) in [7, 11) is 1.29. The van der Waals surface area contributed by atoms with Crippen LogP contribution in [-0.4, -0.2) is 34.9 Å². The van der Waals surface area contributed by atoms with E-state index in [0.717, 1.165) is 22.2 Å². The predicted octanol–water partition coefficient (Wildman–Crippen LogP) is 5.27. The molecule has 2 heterocycles. The maximum absolute atomic E-state index is 13.4. The second-order valence-corrected chi connectivity index (χ2v) is 9.31. The minimum absolute atomic E-state index is 0.0366. The molecule has 5 rings (SSSR count). The number of anilines is 1. The summed E-state index contributed by atoms with van der Waals surface area (Å²) in [5.74, 6) is -2.35. The van der Waals surface area contributed by atoms with Crippen LogP contribution in [0.3, 0.4) is 0 Å². The van der Waals surface area contributed by atoms with E-state index in [0.29, 0.717) is 21.8 Å². The summed E-state index contributed by atoms with van der Waals surface area (Å²) < 4.78 is 5.68. The van der Waals surface area contributed by atoms with Crippen molar-refractivity contribution in [3.8, 4) is 0 Å².